The smallest absolute Gasteiger partial charge is 0.246 e. The minimum Gasteiger partial charge on any atom is -0.396 e. The lowest BCUT2D eigenvalue weighted by molar-refractivity contribution is -0.157. The lowest BCUT2D eigenvalue weighted by Crippen LogP contribution is -2.64. The highest BCUT2D eigenvalue weighted by molar-refractivity contribution is 6.00. The molecule has 25 heteroatoms. The van der Waals surface area contributed by atoms with Gasteiger partial charge in [-0.05, 0) is 114 Å². The van der Waals surface area contributed by atoms with Crippen LogP contribution in [0.3, 0.4) is 0 Å². The first kappa shape index (κ1) is 87.5. The molecule has 14 atom stereocenters. The molecule has 2 aliphatic heterocycles. The van der Waals surface area contributed by atoms with Crippen LogP contribution >= 0.6 is 0 Å². The summed E-state index contributed by atoms with van der Waals surface area (Å²) in [6.07, 6.45) is 0.895. The summed E-state index contributed by atoms with van der Waals surface area (Å²) in [4.78, 5) is 175. The van der Waals surface area contributed by atoms with Crippen molar-refractivity contribution >= 4 is 64.7 Å². The zero-order chi connectivity index (χ0) is 74.2. The van der Waals surface area contributed by atoms with Gasteiger partial charge in [-0.3, -0.25) is 57.6 Å². The number of carbonyl (C=O) groups excluding carboxylic acids is 11. The molecule has 0 radical (unpaired) electrons. The van der Waals surface area contributed by atoms with Gasteiger partial charge in [0.05, 0.1) is 31.5 Å². The van der Waals surface area contributed by atoms with Gasteiger partial charge in [0.2, 0.25) is 53.2 Å². The van der Waals surface area contributed by atoms with Gasteiger partial charge in [-0.15, -0.1) is 0 Å². The number of carbonyl (C=O) groups is 11. The maximum Gasteiger partial charge on any atom is 0.246 e. The van der Waals surface area contributed by atoms with Gasteiger partial charge in [0.25, 0.3) is 0 Å². The van der Waals surface area contributed by atoms with E-state index < -0.39 is 161 Å². The third-order valence-electron chi connectivity index (χ3n) is 19.8. The lowest BCUT2D eigenvalue weighted by Gasteiger charge is -2.41. The standard InChI is InChI=1S/C72H130N10O15/c1-24-54-69(92)75(17)51(15)67(90)80(22)61(52(16)97-35-29-27-31-82-32-36-96-37-33-82)59(85)42-53(46(8)9)68(91)76(18)55(38-43(2)3)58(84)41-49(13)64(87)73-50(14)66(89)77(19)56(39-44(4)5)70(93)78(20)57(40-45(6)7)71(94)79(21)60(47(10)11)72(95)81(23)62(65(88)74-54)63(86)48(12)30-26-25-28-34-83/h43-57,60-63,83,86H,24-42H2,1-23H3,(H,73,87)(H,74,88)/t48-,49-,50-,51-,52-,53+,54+,55+,56+,57+,60+,61+,62+,63-/m1/s1. The molecule has 0 aromatic carbocycles. The van der Waals surface area contributed by atoms with Gasteiger partial charge in [-0.2, -0.15) is 0 Å². The van der Waals surface area contributed by atoms with Gasteiger partial charge in [0.1, 0.15) is 48.3 Å². The average Bonchev–Trinajstić information content (AvgIpc) is 0.808. The van der Waals surface area contributed by atoms with E-state index in [-0.39, 0.29) is 69.5 Å². The largest absolute Gasteiger partial charge is 0.396 e. The summed E-state index contributed by atoms with van der Waals surface area (Å²) < 4.78 is 11.9. The van der Waals surface area contributed by atoms with E-state index in [1.165, 1.54) is 92.6 Å². The molecule has 97 heavy (non-hydrogen) atoms. The maximum absolute atomic E-state index is 15.4. The fourth-order valence-corrected chi connectivity index (χ4v) is 13.3. The Morgan fingerprint density at radius 3 is 1.53 bits per heavy atom. The predicted octanol–water partition coefficient (Wildman–Crippen LogP) is 4.90. The zero-order valence-corrected chi connectivity index (χ0v) is 63.7. The topological polar surface area (TPSA) is 297 Å². The second kappa shape index (κ2) is 41.8. The normalized spacial score (nSPS) is 27.3. The summed E-state index contributed by atoms with van der Waals surface area (Å²) in [5.74, 6) is -10.9. The number of nitrogens with zero attached hydrogens (tertiary/aromatic N) is 8. The number of aliphatic hydroxyl groups is 2. The summed E-state index contributed by atoms with van der Waals surface area (Å²) in [5, 5.41) is 27.4. The summed E-state index contributed by atoms with van der Waals surface area (Å²) in [6.45, 7) is 31.9. The number of rotatable bonds is 23. The van der Waals surface area contributed by atoms with E-state index in [9.17, 15) is 29.4 Å². The highest BCUT2D eigenvalue weighted by Crippen LogP contribution is 2.29. The second-order valence-electron chi connectivity index (χ2n) is 29.9. The van der Waals surface area contributed by atoms with Crippen LogP contribution in [-0.4, -0.2) is 276 Å². The van der Waals surface area contributed by atoms with Crippen molar-refractivity contribution in [1.29, 1.82) is 0 Å². The molecule has 0 aromatic rings. The van der Waals surface area contributed by atoms with Crippen LogP contribution in [0.2, 0.25) is 0 Å². The number of amides is 9. The average molecular weight is 1380 g/mol. The van der Waals surface area contributed by atoms with Crippen molar-refractivity contribution in [3.05, 3.63) is 0 Å². The highest BCUT2D eigenvalue weighted by atomic mass is 16.5. The summed E-state index contributed by atoms with van der Waals surface area (Å²) >= 11 is 0. The second-order valence-corrected chi connectivity index (χ2v) is 29.9. The monoisotopic (exact) mass is 1370 g/mol. The fourth-order valence-electron chi connectivity index (χ4n) is 13.3. The molecule has 0 aliphatic carbocycles. The molecule has 0 bridgehead atoms. The SMILES string of the molecule is CC[C@@H]1NC(=O)[C@H]([C@H](O)[C@H](C)CCCCCO)N(C)C(=O)[C@H](C(C)C)N(C)C(=O)[C@H](CC(C)C)N(C)C(=O)[C@H](CC(C)C)N(C)C(=O)[C@@H](C)NC(=O)[C@H](C)CC(=O)[C@H](CC(C)C)N(C)C(=O)[C@H](C(C)C)CC(=O)[C@H]([C@@H](C)OCCCCN2CCOCC2)N(C)C(=O)[C@@H](C)N(C)C1=O. The van der Waals surface area contributed by atoms with Gasteiger partial charge < -0.3 is 64.6 Å². The number of morpholine rings is 1. The third-order valence-corrected chi connectivity index (χ3v) is 19.8. The number of nitrogens with one attached hydrogen (secondary N) is 2. The number of aliphatic hydroxyl groups excluding tert-OH is 2. The van der Waals surface area contributed by atoms with Crippen LogP contribution in [0.5, 0.6) is 0 Å². The van der Waals surface area contributed by atoms with E-state index in [1.54, 1.807) is 55.4 Å². The van der Waals surface area contributed by atoms with Crippen LogP contribution in [0.25, 0.3) is 0 Å². The van der Waals surface area contributed by atoms with Gasteiger partial charge in [0, 0.05) is 100 Å². The molecule has 2 heterocycles. The Morgan fingerprint density at radius 2 is 1.01 bits per heavy atom. The van der Waals surface area contributed by atoms with Crippen molar-refractivity contribution in [2.75, 3.05) is 95.4 Å². The van der Waals surface area contributed by atoms with E-state index in [4.69, 9.17) is 9.47 Å². The first-order chi connectivity index (χ1) is 45.2. The van der Waals surface area contributed by atoms with Crippen molar-refractivity contribution in [2.24, 2.45) is 47.3 Å². The van der Waals surface area contributed by atoms with Gasteiger partial charge in [-0.1, -0.05) is 103 Å². The molecule has 2 fully saturated rings. The van der Waals surface area contributed by atoms with Crippen molar-refractivity contribution < 1.29 is 72.4 Å². The molecule has 0 saturated carbocycles. The summed E-state index contributed by atoms with van der Waals surface area (Å²) in [7, 11) is 10.1. The first-order valence-electron chi connectivity index (χ1n) is 35.9. The molecule has 2 rings (SSSR count). The van der Waals surface area contributed by atoms with Crippen LogP contribution in [0.1, 0.15) is 188 Å². The molecule has 25 nitrogen and oxygen atoms in total. The van der Waals surface area contributed by atoms with Crippen LogP contribution in [-0.2, 0) is 62.2 Å². The molecule has 2 aliphatic rings. The van der Waals surface area contributed by atoms with Crippen LogP contribution in [0, 0.1) is 47.3 Å². The highest BCUT2D eigenvalue weighted by Gasteiger charge is 2.47. The molecule has 558 valence electrons. The van der Waals surface area contributed by atoms with Crippen molar-refractivity contribution in [1.82, 2.24) is 49.8 Å². The lowest BCUT2D eigenvalue weighted by atomic mass is 9.85. The molecule has 2 saturated heterocycles. The molecule has 0 spiro atoms. The molecular weight excluding hydrogens is 1240 g/mol. The van der Waals surface area contributed by atoms with E-state index in [0.29, 0.717) is 45.3 Å². The molecular formula is C72H130N10O15. The quantitative estimate of drug-likeness (QED) is 0.0990. The van der Waals surface area contributed by atoms with Crippen LogP contribution in [0.15, 0.2) is 0 Å². The fraction of sp³-hybridized carbons (Fsp3) is 0.847. The van der Waals surface area contributed by atoms with Gasteiger partial charge in [0.15, 0.2) is 11.6 Å². The number of unbranched alkanes of at least 4 members (excludes halogenated alkanes) is 3. The number of Topliss-reactive ketones (excluding diaryl/α,β-unsaturated/α-hetero) is 2. The third kappa shape index (κ3) is 25.5. The minimum atomic E-state index is -1.65. The number of ether oxygens (including phenoxy) is 2. The number of likely N-dealkylation sites (N-methyl/N-ethyl adjacent to an activating group) is 7. The van der Waals surface area contributed by atoms with E-state index in [2.05, 4.69) is 15.5 Å². The zero-order valence-electron chi connectivity index (χ0n) is 63.7. The first-order valence-corrected chi connectivity index (χ1v) is 35.9. The molecule has 0 unspecified atom stereocenters. The Kier molecular flexibility index (Phi) is 37.7. The Balaban J connectivity index is 3.02. The molecule has 4 N–H and O–H groups in total. The minimum absolute atomic E-state index is 0.00651. The predicted molar refractivity (Wildman–Crippen MR) is 374 cm³/mol. The van der Waals surface area contributed by atoms with Crippen molar-refractivity contribution in [3.63, 3.8) is 0 Å². The summed E-state index contributed by atoms with van der Waals surface area (Å²) in [5.41, 5.74) is 0. The Morgan fingerprint density at radius 1 is 0.505 bits per heavy atom. The Bertz CT molecular complexity index is 2560. The van der Waals surface area contributed by atoms with Gasteiger partial charge in [-0.25, -0.2) is 0 Å². The van der Waals surface area contributed by atoms with E-state index >= 15 is 33.6 Å². The molecule has 0 aromatic heterocycles. The van der Waals surface area contributed by atoms with Gasteiger partial charge >= 0.3 is 0 Å². The number of hydrogen-bond acceptors (Lipinski definition) is 16. The number of ketones is 2. The van der Waals surface area contributed by atoms with E-state index in [0.717, 1.165) is 31.0 Å². The van der Waals surface area contributed by atoms with Crippen molar-refractivity contribution in [2.45, 2.75) is 254 Å². The Labute approximate surface area is 581 Å². The Hall–Kier alpha value is -5.63. The van der Waals surface area contributed by atoms with Crippen LogP contribution in [0.4, 0.5) is 0 Å². The van der Waals surface area contributed by atoms with E-state index in [1.807, 2.05) is 41.5 Å². The maximum atomic E-state index is 15.4. The van der Waals surface area contributed by atoms with Crippen LogP contribution < -0.4 is 10.6 Å². The molecule has 9 amide bonds. The number of hydrogen-bond donors (Lipinski definition) is 4. The van der Waals surface area contributed by atoms with Crippen molar-refractivity contribution in [3.8, 4) is 0 Å². The summed E-state index contributed by atoms with van der Waals surface area (Å²) in [6, 6.07) is -11.3.